The van der Waals surface area contributed by atoms with Crippen LogP contribution in [0.3, 0.4) is 0 Å². The maximum atomic E-state index is 12.5. The normalized spacial score (nSPS) is 11.2. The van der Waals surface area contributed by atoms with Crippen LogP contribution in [-0.4, -0.2) is 34.7 Å². The Labute approximate surface area is 170 Å². The molecule has 2 aromatic rings. The first kappa shape index (κ1) is 22.7. The molecule has 10 heteroatoms. The van der Waals surface area contributed by atoms with Crippen LogP contribution < -0.4 is 5.32 Å². The minimum atomic E-state index is -4.45. The molecule has 0 atom stereocenters. The summed E-state index contributed by atoms with van der Waals surface area (Å²) < 4.78 is 42.5. The number of alkyl halides is 3. The standard InChI is InChI=1S/C19H20F3N3O3S/c1-11-15(12(2)24-18(23-11)29-3)8-9-17(27)28-10-16(26)25-14-6-4-13(5-7-14)19(20,21)22/h4-7H,8-10H2,1-3H3,(H,25,26). The van der Waals surface area contributed by atoms with Gasteiger partial charge in [0.05, 0.1) is 5.56 Å². The van der Waals surface area contributed by atoms with Gasteiger partial charge in [0.25, 0.3) is 5.91 Å². The van der Waals surface area contributed by atoms with Gasteiger partial charge in [-0.3, -0.25) is 9.59 Å². The molecule has 2 rings (SSSR count). The Morgan fingerprint density at radius 1 is 1.10 bits per heavy atom. The van der Waals surface area contributed by atoms with Crippen molar-refractivity contribution in [3.63, 3.8) is 0 Å². The van der Waals surface area contributed by atoms with Crippen LogP contribution in [0, 0.1) is 13.8 Å². The number of aryl methyl sites for hydroxylation is 2. The molecule has 0 saturated heterocycles. The van der Waals surface area contributed by atoms with Crippen molar-refractivity contribution in [2.45, 2.75) is 38.0 Å². The first-order valence-electron chi connectivity index (χ1n) is 8.61. The van der Waals surface area contributed by atoms with E-state index in [1.54, 1.807) is 0 Å². The van der Waals surface area contributed by atoms with E-state index in [2.05, 4.69) is 15.3 Å². The molecule has 1 N–H and O–H groups in total. The summed E-state index contributed by atoms with van der Waals surface area (Å²) in [5.41, 5.74) is 1.79. The number of carbonyl (C=O) groups is 2. The quantitative estimate of drug-likeness (QED) is 0.409. The van der Waals surface area contributed by atoms with Crippen LogP contribution in [0.25, 0.3) is 0 Å². The van der Waals surface area contributed by atoms with Gasteiger partial charge >= 0.3 is 12.1 Å². The van der Waals surface area contributed by atoms with E-state index in [0.29, 0.717) is 11.6 Å². The number of thioether (sulfide) groups is 1. The molecule has 1 amide bonds. The topological polar surface area (TPSA) is 81.2 Å². The van der Waals surface area contributed by atoms with Gasteiger partial charge in [-0.2, -0.15) is 13.2 Å². The zero-order valence-electron chi connectivity index (χ0n) is 16.1. The summed E-state index contributed by atoms with van der Waals surface area (Å²) in [6, 6.07) is 3.98. The molecule has 0 spiro atoms. The van der Waals surface area contributed by atoms with Crippen molar-refractivity contribution < 1.29 is 27.5 Å². The van der Waals surface area contributed by atoms with Crippen molar-refractivity contribution in [2.75, 3.05) is 18.2 Å². The maximum absolute atomic E-state index is 12.5. The second-order valence-electron chi connectivity index (χ2n) is 6.14. The van der Waals surface area contributed by atoms with E-state index in [0.717, 1.165) is 41.2 Å². The third kappa shape index (κ3) is 6.74. The van der Waals surface area contributed by atoms with E-state index in [-0.39, 0.29) is 12.1 Å². The smallest absolute Gasteiger partial charge is 0.416 e. The van der Waals surface area contributed by atoms with E-state index in [4.69, 9.17) is 4.74 Å². The second kappa shape index (κ2) is 9.73. The molecular weight excluding hydrogens is 407 g/mol. The molecule has 1 heterocycles. The molecular formula is C19H20F3N3O3S. The fourth-order valence-electron chi connectivity index (χ4n) is 2.55. The number of anilines is 1. The number of amides is 1. The number of hydrogen-bond acceptors (Lipinski definition) is 6. The lowest BCUT2D eigenvalue weighted by Crippen LogP contribution is -2.21. The summed E-state index contributed by atoms with van der Waals surface area (Å²) in [6.07, 6.45) is -2.14. The van der Waals surface area contributed by atoms with Gasteiger partial charge in [0.1, 0.15) is 0 Å². The number of carbonyl (C=O) groups excluding carboxylic acids is 2. The Bertz CT molecular complexity index is 863. The molecule has 1 aromatic heterocycles. The summed E-state index contributed by atoms with van der Waals surface area (Å²) in [5.74, 6) is -1.21. The third-order valence-electron chi connectivity index (χ3n) is 4.02. The SMILES string of the molecule is CSc1nc(C)c(CCC(=O)OCC(=O)Nc2ccc(C(F)(F)F)cc2)c(C)n1. The Hall–Kier alpha value is -2.62. The van der Waals surface area contributed by atoms with E-state index >= 15 is 0 Å². The maximum Gasteiger partial charge on any atom is 0.416 e. The molecule has 0 aliphatic rings. The molecule has 0 aliphatic carbocycles. The van der Waals surface area contributed by atoms with Crippen molar-refractivity contribution in [1.29, 1.82) is 0 Å². The van der Waals surface area contributed by atoms with E-state index < -0.39 is 30.2 Å². The van der Waals surface area contributed by atoms with Crippen molar-refractivity contribution >= 4 is 29.3 Å². The fraction of sp³-hybridized carbons (Fsp3) is 0.368. The summed E-state index contributed by atoms with van der Waals surface area (Å²) in [5, 5.41) is 3.03. The molecule has 6 nitrogen and oxygen atoms in total. The molecule has 0 fully saturated rings. The van der Waals surface area contributed by atoms with Gasteiger partial charge < -0.3 is 10.1 Å². The van der Waals surface area contributed by atoms with Crippen LogP contribution in [0.4, 0.5) is 18.9 Å². The van der Waals surface area contributed by atoms with Crippen LogP contribution in [-0.2, 0) is 26.9 Å². The number of benzene rings is 1. The zero-order valence-corrected chi connectivity index (χ0v) is 16.9. The number of rotatable bonds is 7. The monoisotopic (exact) mass is 427 g/mol. The summed E-state index contributed by atoms with van der Waals surface area (Å²) in [7, 11) is 0. The number of ether oxygens (including phenoxy) is 1. The van der Waals surface area contributed by atoms with Crippen LogP contribution in [0.2, 0.25) is 0 Å². The van der Waals surface area contributed by atoms with Gasteiger partial charge in [-0.25, -0.2) is 9.97 Å². The van der Waals surface area contributed by atoms with E-state index in [1.165, 1.54) is 11.8 Å². The Morgan fingerprint density at radius 3 is 2.21 bits per heavy atom. The molecule has 0 unspecified atom stereocenters. The van der Waals surface area contributed by atoms with Crippen LogP contribution >= 0.6 is 11.8 Å². The van der Waals surface area contributed by atoms with Gasteiger partial charge in [-0.05, 0) is 56.4 Å². The molecule has 0 bridgehead atoms. The van der Waals surface area contributed by atoms with Crippen molar-refractivity contribution in [2.24, 2.45) is 0 Å². The highest BCUT2D eigenvalue weighted by Crippen LogP contribution is 2.29. The van der Waals surface area contributed by atoms with Crippen molar-refractivity contribution in [3.8, 4) is 0 Å². The molecule has 0 aliphatic heterocycles. The first-order chi connectivity index (χ1) is 13.6. The highest BCUT2D eigenvalue weighted by atomic mass is 32.2. The van der Waals surface area contributed by atoms with Gasteiger partial charge in [-0.15, -0.1) is 0 Å². The number of nitrogens with one attached hydrogen (secondary N) is 1. The first-order valence-corrected chi connectivity index (χ1v) is 9.83. The number of hydrogen-bond donors (Lipinski definition) is 1. The summed E-state index contributed by atoms with van der Waals surface area (Å²) in [6.45, 7) is 3.15. The minimum Gasteiger partial charge on any atom is -0.456 e. The Morgan fingerprint density at radius 2 is 1.69 bits per heavy atom. The molecule has 0 radical (unpaired) electrons. The van der Waals surface area contributed by atoms with Gasteiger partial charge in [-0.1, -0.05) is 11.8 Å². The molecule has 1 aromatic carbocycles. The van der Waals surface area contributed by atoms with Crippen LogP contribution in [0.15, 0.2) is 29.4 Å². The molecule has 0 saturated carbocycles. The third-order valence-corrected chi connectivity index (χ3v) is 4.57. The predicted octanol–water partition coefficient (Wildman–Crippen LogP) is 3.95. The van der Waals surface area contributed by atoms with Gasteiger partial charge in [0.15, 0.2) is 11.8 Å². The fourth-order valence-corrected chi connectivity index (χ4v) is 3.00. The Balaban J connectivity index is 1.81. The number of halogens is 3. The predicted molar refractivity (Wildman–Crippen MR) is 103 cm³/mol. The van der Waals surface area contributed by atoms with Gasteiger partial charge in [0.2, 0.25) is 0 Å². The largest absolute Gasteiger partial charge is 0.456 e. The average Bonchev–Trinajstić information content (AvgIpc) is 2.65. The number of aromatic nitrogens is 2. The number of esters is 1. The van der Waals surface area contributed by atoms with Crippen LogP contribution in [0.5, 0.6) is 0 Å². The zero-order chi connectivity index (χ0) is 21.6. The second-order valence-corrected chi connectivity index (χ2v) is 6.92. The molecule has 29 heavy (non-hydrogen) atoms. The van der Waals surface area contributed by atoms with Crippen molar-refractivity contribution in [3.05, 3.63) is 46.8 Å². The minimum absolute atomic E-state index is 0.0528. The highest BCUT2D eigenvalue weighted by Gasteiger charge is 2.30. The lowest BCUT2D eigenvalue weighted by molar-refractivity contribution is -0.147. The number of nitrogens with zero attached hydrogens (tertiary/aromatic N) is 2. The lowest BCUT2D eigenvalue weighted by Gasteiger charge is -2.10. The summed E-state index contributed by atoms with van der Waals surface area (Å²) in [4.78, 5) is 32.4. The average molecular weight is 427 g/mol. The van der Waals surface area contributed by atoms with Crippen LogP contribution in [0.1, 0.15) is 28.9 Å². The highest BCUT2D eigenvalue weighted by molar-refractivity contribution is 7.98. The lowest BCUT2D eigenvalue weighted by atomic mass is 10.1. The van der Waals surface area contributed by atoms with Gasteiger partial charge in [0, 0.05) is 23.5 Å². The van der Waals surface area contributed by atoms with E-state index in [9.17, 15) is 22.8 Å². The van der Waals surface area contributed by atoms with E-state index in [1.807, 2.05) is 20.1 Å². The van der Waals surface area contributed by atoms with Crippen molar-refractivity contribution in [1.82, 2.24) is 9.97 Å². The molecule has 156 valence electrons. The Kier molecular flexibility index (Phi) is 7.60. The summed E-state index contributed by atoms with van der Waals surface area (Å²) >= 11 is 1.43.